The van der Waals surface area contributed by atoms with Crippen LogP contribution in [0.4, 0.5) is 10.1 Å². The van der Waals surface area contributed by atoms with Gasteiger partial charge in [0.25, 0.3) is 0 Å². The zero-order chi connectivity index (χ0) is 19.8. The SMILES string of the molecule is O=CNCc1cc(NC(=O)[C@H]2[C@H](c3ccc(Cl)c(Cl)c3)C2(Cl)Cl)ccc1F. The molecule has 0 spiro atoms. The molecule has 2 aromatic carbocycles. The summed E-state index contributed by atoms with van der Waals surface area (Å²) in [6.07, 6.45) is 0.464. The summed E-state index contributed by atoms with van der Waals surface area (Å²) in [7, 11) is 0. The minimum Gasteiger partial charge on any atom is -0.354 e. The van der Waals surface area contributed by atoms with Gasteiger partial charge in [-0.25, -0.2) is 4.39 Å². The summed E-state index contributed by atoms with van der Waals surface area (Å²) in [4.78, 5) is 23.0. The van der Waals surface area contributed by atoms with Crippen molar-refractivity contribution >= 4 is 64.4 Å². The Morgan fingerprint density at radius 1 is 1.15 bits per heavy atom. The summed E-state index contributed by atoms with van der Waals surface area (Å²) in [5, 5.41) is 5.78. The van der Waals surface area contributed by atoms with E-state index in [1.807, 2.05) is 0 Å². The third-order valence-corrected chi connectivity index (χ3v) is 6.01. The molecule has 4 nitrogen and oxygen atoms in total. The van der Waals surface area contributed by atoms with Gasteiger partial charge >= 0.3 is 0 Å². The molecular formula is C18H13Cl4FN2O2. The van der Waals surface area contributed by atoms with Crippen LogP contribution in [0.3, 0.4) is 0 Å². The van der Waals surface area contributed by atoms with Crippen LogP contribution in [0.2, 0.25) is 10.0 Å². The smallest absolute Gasteiger partial charge is 0.231 e. The van der Waals surface area contributed by atoms with Crippen LogP contribution in [-0.2, 0) is 16.1 Å². The van der Waals surface area contributed by atoms with Gasteiger partial charge in [0.05, 0.1) is 16.0 Å². The number of hydrogen-bond donors (Lipinski definition) is 2. The molecule has 1 fully saturated rings. The Kier molecular flexibility index (Phi) is 5.87. The highest BCUT2D eigenvalue weighted by Gasteiger charge is 2.67. The highest BCUT2D eigenvalue weighted by Crippen LogP contribution is 2.65. The summed E-state index contributed by atoms with van der Waals surface area (Å²) in [5.41, 5.74) is 1.30. The average Bonchev–Trinajstić information content (AvgIpc) is 3.20. The predicted octanol–water partition coefficient (Wildman–Crippen LogP) is 4.90. The first-order valence-electron chi connectivity index (χ1n) is 7.84. The summed E-state index contributed by atoms with van der Waals surface area (Å²) < 4.78 is 12.5. The number of hydrogen-bond acceptors (Lipinski definition) is 2. The molecule has 0 unspecified atom stereocenters. The zero-order valence-electron chi connectivity index (χ0n) is 13.6. The molecule has 1 saturated carbocycles. The molecule has 0 aliphatic heterocycles. The van der Waals surface area contributed by atoms with Gasteiger partial charge in [-0.05, 0) is 35.9 Å². The van der Waals surface area contributed by atoms with Crippen molar-refractivity contribution in [3.63, 3.8) is 0 Å². The maximum absolute atomic E-state index is 13.7. The molecule has 0 aromatic heterocycles. The van der Waals surface area contributed by atoms with Crippen LogP contribution in [0.5, 0.6) is 0 Å². The van der Waals surface area contributed by atoms with Gasteiger partial charge in [-0.3, -0.25) is 9.59 Å². The zero-order valence-corrected chi connectivity index (χ0v) is 16.6. The number of alkyl halides is 2. The number of amides is 2. The van der Waals surface area contributed by atoms with E-state index in [2.05, 4.69) is 10.6 Å². The average molecular weight is 450 g/mol. The molecule has 27 heavy (non-hydrogen) atoms. The van der Waals surface area contributed by atoms with Crippen molar-refractivity contribution < 1.29 is 14.0 Å². The van der Waals surface area contributed by atoms with E-state index >= 15 is 0 Å². The van der Waals surface area contributed by atoms with Gasteiger partial charge in [-0.15, -0.1) is 23.2 Å². The fourth-order valence-corrected chi connectivity index (χ4v) is 4.07. The van der Waals surface area contributed by atoms with E-state index in [0.29, 0.717) is 27.7 Å². The Bertz CT molecular complexity index is 907. The number of carbonyl (C=O) groups is 2. The van der Waals surface area contributed by atoms with E-state index in [1.165, 1.54) is 18.2 Å². The van der Waals surface area contributed by atoms with Gasteiger partial charge in [0.1, 0.15) is 10.2 Å². The summed E-state index contributed by atoms with van der Waals surface area (Å²) in [5.74, 6) is -2.06. The van der Waals surface area contributed by atoms with Gasteiger partial charge < -0.3 is 10.6 Å². The molecule has 3 rings (SSSR count). The van der Waals surface area contributed by atoms with Crippen LogP contribution in [0.15, 0.2) is 36.4 Å². The monoisotopic (exact) mass is 448 g/mol. The lowest BCUT2D eigenvalue weighted by atomic mass is 10.1. The molecule has 2 atom stereocenters. The first kappa shape index (κ1) is 20.2. The number of nitrogens with one attached hydrogen (secondary N) is 2. The van der Waals surface area contributed by atoms with Crippen LogP contribution in [0.1, 0.15) is 17.0 Å². The lowest BCUT2D eigenvalue weighted by Gasteiger charge is -2.08. The second-order valence-electron chi connectivity index (χ2n) is 6.10. The number of rotatable bonds is 6. The third kappa shape index (κ3) is 4.16. The topological polar surface area (TPSA) is 58.2 Å². The van der Waals surface area contributed by atoms with Crippen LogP contribution in [-0.4, -0.2) is 16.7 Å². The molecule has 2 amide bonds. The Labute approximate surface area is 174 Å². The molecule has 1 aliphatic rings. The van der Waals surface area contributed by atoms with Crippen LogP contribution < -0.4 is 10.6 Å². The molecule has 1 aliphatic carbocycles. The lowest BCUT2D eigenvalue weighted by molar-refractivity contribution is -0.117. The van der Waals surface area contributed by atoms with Gasteiger partial charge in [-0.1, -0.05) is 29.3 Å². The largest absolute Gasteiger partial charge is 0.354 e. The fraction of sp³-hybridized carbons (Fsp3) is 0.222. The van der Waals surface area contributed by atoms with E-state index in [0.717, 1.165) is 0 Å². The minimum atomic E-state index is -1.29. The van der Waals surface area contributed by atoms with Crippen LogP contribution in [0, 0.1) is 11.7 Å². The maximum Gasteiger partial charge on any atom is 0.231 e. The molecule has 0 heterocycles. The Hall–Kier alpha value is -1.53. The summed E-state index contributed by atoms with van der Waals surface area (Å²) in [6, 6.07) is 9.01. The first-order valence-corrected chi connectivity index (χ1v) is 9.36. The van der Waals surface area contributed by atoms with Crippen molar-refractivity contribution in [1.29, 1.82) is 0 Å². The number of benzene rings is 2. The Balaban J connectivity index is 1.76. The number of anilines is 1. The van der Waals surface area contributed by atoms with Crippen molar-refractivity contribution in [3.05, 3.63) is 63.4 Å². The minimum absolute atomic E-state index is 0.00329. The molecular weight excluding hydrogens is 437 g/mol. The van der Waals surface area contributed by atoms with Crippen molar-refractivity contribution in [2.75, 3.05) is 5.32 Å². The van der Waals surface area contributed by atoms with Gasteiger partial charge in [0.2, 0.25) is 12.3 Å². The standard InChI is InChI=1S/C18H13Cl4FN2O2/c19-12-3-1-9(6-13(12)20)15-16(18(15,21)22)17(27)25-11-2-4-14(23)10(5-11)7-24-8-26/h1-6,8,15-16H,7H2,(H,24,26)(H,25,27)/t15-,16+/m0/s1. The molecule has 9 heteroatoms. The Morgan fingerprint density at radius 3 is 2.56 bits per heavy atom. The van der Waals surface area contributed by atoms with Crippen molar-refractivity contribution in [3.8, 4) is 0 Å². The van der Waals surface area contributed by atoms with Gasteiger partial charge in [0, 0.05) is 23.7 Å². The number of halogens is 5. The van der Waals surface area contributed by atoms with E-state index < -0.39 is 27.9 Å². The van der Waals surface area contributed by atoms with E-state index in [4.69, 9.17) is 46.4 Å². The van der Waals surface area contributed by atoms with E-state index in [9.17, 15) is 14.0 Å². The normalized spacial score (nSPS) is 20.0. The quantitative estimate of drug-likeness (QED) is 0.486. The highest BCUT2D eigenvalue weighted by atomic mass is 35.5. The first-order chi connectivity index (χ1) is 12.8. The second-order valence-corrected chi connectivity index (χ2v) is 8.36. The Morgan fingerprint density at radius 2 is 1.89 bits per heavy atom. The van der Waals surface area contributed by atoms with Gasteiger partial charge in [-0.2, -0.15) is 0 Å². The molecule has 0 saturated heterocycles. The molecule has 0 radical (unpaired) electrons. The maximum atomic E-state index is 13.7. The lowest BCUT2D eigenvalue weighted by Crippen LogP contribution is -2.18. The van der Waals surface area contributed by atoms with Crippen molar-refractivity contribution in [2.24, 2.45) is 5.92 Å². The second kappa shape index (κ2) is 7.84. The fourth-order valence-electron chi connectivity index (χ4n) is 2.93. The van der Waals surface area contributed by atoms with E-state index in [-0.39, 0.29) is 12.1 Å². The van der Waals surface area contributed by atoms with Gasteiger partial charge in [0.15, 0.2) is 0 Å². The van der Waals surface area contributed by atoms with Crippen molar-refractivity contribution in [1.82, 2.24) is 5.32 Å². The van der Waals surface area contributed by atoms with Crippen molar-refractivity contribution in [2.45, 2.75) is 16.8 Å². The number of carbonyl (C=O) groups excluding carboxylic acids is 2. The van der Waals surface area contributed by atoms with Crippen LogP contribution >= 0.6 is 46.4 Å². The third-order valence-electron chi connectivity index (χ3n) is 4.33. The van der Waals surface area contributed by atoms with Crippen LogP contribution in [0.25, 0.3) is 0 Å². The molecule has 2 N–H and O–H groups in total. The predicted molar refractivity (Wildman–Crippen MR) is 105 cm³/mol. The molecule has 142 valence electrons. The summed E-state index contributed by atoms with van der Waals surface area (Å²) >= 11 is 24.5. The summed E-state index contributed by atoms with van der Waals surface area (Å²) in [6.45, 7) is 0.00329. The van der Waals surface area contributed by atoms with E-state index in [1.54, 1.807) is 18.2 Å². The molecule has 2 aromatic rings. The highest BCUT2D eigenvalue weighted by molar-refractivity contribution is 6.53. The molecule has 0 bridgehead atoms.